The molecular weight excluding hydrogens is 294 g/mol. The molecule has 0 unspecified atom stereocenters. The third-order valence-electron chi connectivity index (χ3n) is 4.58. The number of hydrogen-bond donors (Lipinski definition) is 1. The Labute approximate surface area is 137 Å². The molecule has 0 bridgehead atoms. The first-order valence-electron chi connectivity index (χ1n) is 8.50. The lowest BCUT2D eigenvalue weighted by molar-refractivity contribution is 0.0216. The Morgan fingerprint density at radius 3 is 2.87 bits per heavy atom. The number of carbonyl (C=O) groups is 1. The number of hydrogen-bond acceptors (Lipinski definition) is 5. The van der Waals surface area contributed by atoms with Crippen molar-refractivity contribution < 1.29 is 14.6 Å². The summed E-state index contributed by atoms with van der Waals surface area (Å²) in [5.74, 6) is -0.200. The van der Waals surface area contributed by atoms with Gasteiger partial charge in [0.05, 0.1) is 17.9 Å². The van der Waals surface area contributed by atoms with E-state index in [0.717, 1.165) is 26.1 Å². The van der Waals surface area contributed by atoms with Crippen molar-refractivity contribution in [1.29, 1.82) is 0 Å². The summed E-state index contributed by atoms with van der Waals surface area (Å²) in [5, 5.41) is 9.86. The highest BCUT2D eigenvalue weighted by molar-refractivity contribution is 5.96. The van der Waals surface area contributed by atoms with Gasteiger partial charge in [0.25, 0.3) is 5.91 Å². The zero-order valence-corrected chi connectivity index (χ0v) is 13.5. The topological polar surface area (TPSA) is 65.9 Å². The summed E-state index contributed by atoms with van der Waals surface area (Å²) in [6, 6.07) is 1.57. The van der Waals surface area contributed by atoms with E-state index >= 15 is 0 Å². The number of amides is 1. The molecule has 1 atom stereocenters. The second-order valence-corrected chi connectivity index (χ2v) is 6.35. The van der Waals surface area contributed by atoms with E-state index in [1.165, 1.54) is 31.7 Å². The minimum atomic E-state index is -0.140. The zero-order valence-electron chi connectivity index (χ0n) is 13.5. The average Bonchev–Trinajstić information content (AvgIpc) is 2.81. The van der Waals surface area contributed by atoms with Gasteiger partial charge in [0, 0.05) is 32.4 Å². The van der Waals surface area contributed by atoms with Gasteiger partial charge in [0.2, 0.25) is 0 Å². The number of aromatic nitrogens is 1. The molecule has 0 aliphatic carbocycles. The number of rotatable bonds is 3. The van der Waals surface area contributed by atoms with E-state index in [4.69, 9.17) is 4.74 Å². The predicted octanol–water partition coefficient (Wildman–Crippen LogP) is 1.50. The summed E-state index contributed by atoms with van der Waals surface area (Å²) in [5.41, 5.74) is 0.318. The highest BCUT2D eigenvalue weighted by atomic mass is 16.5. The first-order chi connectivity index (χ1) is 11.2. The van der Waals surface area contributed by atoms with Crippen molar-refractivity contribution in [2.24, 2.45) is 0 Å². The van der Waals surface area contributed by atoms with Crippen molar-refractivity contribution in [2.45, 2.75) is 31.8 Å². The molecule has 1 N–H and O–H groups in total. The fourth-order valence-electron chi connectivity index (χ4n) is 3.36. The molecule has 1 amide bonds. The second kappa shape index (κ2) is 7.75. The van der Waals surface area contributed by atoms with Gasteiger partial charge in [-0.1, -0.05) is 6.42 Å². The molecule has 0 spiro atoms. The lowest BCUT2D eigenvalue weighted by Gasteiger charge is -2.31. The summed E-state index contributed by atoms with van der Waals surface area (Å²) in [6.07, 6.45) is 7.53. The summed E-state index contributed by atoms with van der Waals surface area (Å²) < 4.78 is 5.94. The molecule has 2 fully saturated rings. The highest BCUT2D eigenvalue weighted by Gasteiger charge is 2.26. The summed E-state index contributed by atoms with van der Waals surface area (Å²) >= 11 is 0. The molecule has 3 rings (SSSR count). The number of carbonyl (C=O) groups excluding carboxylic acids is 1. The first kappa shape index (κ1) is 16.2. The van der Waals surface area contributed by atoms with Crippen LogP contribution in [0, 0.1) is 0 Å². The third-order valence-corrected chi connectivity index (χ3v) is 4.58. The van der Waals surface area contributed by atoms with Gasteiger partial charge < -0.3 is 19.6 Å². The minimum absolute atomic E-state index is 0.0449. The number of pyridine rings is 1. The number of aromatic hydroxyl groups is 1. The monoisotopic (exact) mass is 319 g/mol. The van der Waals surface area contributed by atoms with Crippen LogP contribution in [-0.2, 0) is 4.74 Å². The van der Waals surface area contributed by atoms with Crippen LogP contribution in [0.15, 0.2) is 18.5 Å². The van der Waals surface area contributed by atoms with Crippen LogP contribution in [0.2, 0.25) is 0 Å². The fourth-order valence-corrected chi connectivity index (χ4v) is 3.36. The fraction of sp³-hybridized carbons (Fsp3) is 0.647. The van der Waals surface area contributed by atoms with Crippen LogP contribution < -0.4 is 0 Å². The lowest BCUT2D eigenvalue weighted by Crippen LogP contribution is -2.43. The molecule has 2 saturated heterocycles. The maximum absolute atomic E-state index is 12.7. The molecule has 3 heterocycles. The Kier molecular flexibility index (Phi) is 5.46. The van der Waals surface area contributed by atoms with Gasteiger partial charge in [-0.3, -0.25) is 9.78 Å². The molecule has 1 aromatic heterocycles. The molecule has 23 heavy (non-hydrogen) atoms. The number of nitrogens with zero attached hydrogens (tertiary/aromatic N) is 3. The molecule has 2 aliphatic heterocycles. The van der Waals surface area contributed by atoms with Gasteiger partial charge in [-0.25, -0.2) is 0 Å². The number of ether oxygens (including phenoxy) is 1. The zero-order chi connectivity index (χ0) is 16.1. The minimum Gasteiger partial charge on any atom is -0.505 e. The van der Waals surface area contributed by atoms with E-state index in [2.05, 4.69) is 9.88 Å². The molecule has 0 radical (unpaired) electrons. The first-order valence-corrected chi connectivity index (χ1v) is 8.50. The van der Waals surface area contributed by atoms with E-state index in [1.807, 2.05) is 0 Å². The smallest absolute Gasteiger partial charge is 0.257 e. The normalized spacial score (nSPS) is 23.5. The summed E-state index contributed by atoms with van der Waals surface area (Å²) in [6.45, 7) is 5.06. The van der Waals surface area contributed by atoms with Crippen molar-refractivity contribution in [3.05, 3.63) is 24.0 Å². The van der Waals surface area contributed by atoms with Gasteiger partial charge in [0.1, 0.15) is 5.75 Å². The highest BCUT2D eigenvalue weighted by Crippen LogP contribution is 2.19. The maximum Gasteiger partial charge on any atom is 0.257 e. The molecule has 6 nitrogen and oxygen atoms in total. The van der Waals surface area contributed by atoms with Crippen molar-refractivity contribution in [1.82, 2.24) is 14.8 Å². The van der Waals surface area contributed by atoms with Gasteiger partial charge in [-0.15, -0.1) is 0 Å². The van der Waals surface area contributed by atoms with E-state index in [-0.39, 0.29) is 17.8 Å². The van der Waals surface area contributed by atoms with E-state index < -0.39 is 0 Å². The van der Waals surface area contributed by atoms with Gasteiger partial charge in [-0.2, -0.15) is 0 Å². The van der Waals surface area contributed by atoms with Crippen molar-refractivity contribution in [3.8, 4) is 5.75 Å². The van der Waals surface area contributed by atoms with Crippen LogP contribution >= 0.6 is 0 Å². The Hall–Kier alpha value is -1.66. The van der Waals surface area contributed by atoms with Crippen LogP contribution in [0.5, 0.6) is 5.75 Å². The van der Waals surface area contributed by atoms with E-state index in [9.17, 15) is 9.90 Å². The van der Waals surface area contributed by atoms with Crippen LogP contribution in [0.4, 0.5) is 0 Å². The lowest BCUT2D eigenvalue weighted by atomic mass is 10.1. The Balaban J connectivity index is 1.64. The Morgan fingerprint density at radius 1 is 1.26 bits per heavy atom. The largest absolute Gasteiger partial charge is 0.505 e. The molecular formula is C17H25N3O3. The van der Waals surface area contributed by atoms with Crippen LogP contribution in [-0.4, -0.2) is 71.2 Å². The van der Waals surface area contributed by atoms with E-state index in [1.54, 1.807) is 11.0 Å². The van der Waals surface area contributed by atoms with Gasteiger partial charge in [0.15, 0.2) is 0 Å². The SMILES string of the molecule is O=C(c1ccncc1O)N1CCCO[C@H](CN2CCCCC2)C1. The van der Waals surface area contributed by atoms with Gasteiger partial charge >= 0.3 is 0 Å². The van der Waals surface area contributed by atoms with E-state index in [0.29, 0.717) is 25.3 Å². The number of piperidine rings is 1. The molecule has 2 aliphatic rings. The van der Waals surface area contributed by atoms with Crippen LogP contribution in [0.25, 0.3) is 0 Å². The van der Waals surface area contributed by atoms with Crippen LogP contribution in [0.1, 0.15) is 36.0 Å². The number of likely N-dealkylation sites (tertiary alicyclic amines) is 1. The molecule has 126 valence electrons. The summed E-state index contributed by atoms with van der Waals surface area (Å²) in [4.78, 5) is 20.8. The average molecular weight is 319 g/mol. The Bertz CT molecular complexity index is 532. The van der Waals surface area contributed by atoms with Crippen molar-refractivity contribution in [3.63, 3.8) is 0 Å². The standard InChI is InChI=1S/C17H25N3O3/c21-16-11-18-6-5-15(16)17(22)20-9-4-10-23-14(13-20)12-19-7-2-1-3-8-19/h5-6,11,14,21H,1-4,7-10,12-13H2/t14-/m1/s1. The van der Waals surface area contributed by atoms with Crippen molar-refractivity contribution >= 4 is 5.91 Å². The van der Waals surface area contributed by atoms with Crippen LogP contribution in [0.3, 0.4) is 0 Å². The predicted molar refractivity (Wildman–Crippen MR) is 86.5 cm³/mol. The molecule has 1 aromatic rings. The quantitative estimate of drug-likeness (QED) is 0.915. The molecule has 0 aromatic carbocycles. The molecule has 0 saturated carbocycles. The van der Waals surface area contributed by atoms with Gasteiger partial charge in [-0.05, 0) is 38.4 Å². The second-order valence-electron chi connectivity index (χ2n) is 6.35. The maximum atomic E-state index is 12.7. The summed E-state index contributed by atoms with van der Waals surface area (Å²) in [7, 11) is 0. The van der Waals surface area contributed by atoms with Crippen molar-refractivity contribution in [2.75, 3.05) is 39.3 Å². The molecule has 6 heteroatoms. The Morgan fingerprint density at radius 2 is 2.09 bits per heavy atom. The third kappa shape index (κ3) is 4.20.